The number of hydrogen-bond donors (Lipinski definition) is 2. The number of aliphatic hydroxyl groups is 1. The Labute approximate surface area is 205 Å². The molecule has 4 nitrogen and oxygen atoms in total. The van der Waals surface area contributed by atoms with Gasteiger partial charge in [0.25, 0.3) is 0 Å². The van der Waals surface area contributed by atoms with Gasteiger partial charge in [0.15, 0.2) is 0 Å². The lowest BCUT2D eigenvalue weighted by molar-refractivity contribution is 0.0476. The highest BCUT2D eigenvalue weighted by molar-refractivity contribution is 6.30. The average molecular weight is 471 g/mol. The van der Waals surface area contributed by atoms with Crippen molar-refractivity contribution in [3.63, 3.8) is 0 Å². The monoisotopic (exact) mass is 470 g/mol. The van der Waals surface area contributed by atoms with E-state index in [-0.39, 0.29) is 5.88 Å². The van der Waals surface area contributed by atoms with Gasteiger partial charge in [-0.05, 0) is 62.0 Å². The highest BCUT2D eigenvalue weighted by Gasteiger charge is 2.43. The van der Waals surface area contributed by atoms with Crippen LogP contribution in [0.1, 0.15) is 23.5 Å². The molecule has 0 aliphatic heterocycles. The first kappa shape index (κ1) is 23.8. The number of pyridine rings is 1. The van der Waals surface area contributed by atoms with Gasteiger partial charge in [-0.25, -0.2) is 4.98 Å². The van der Waals surface area contributed by atoms with Crippen molar-refractivity contribution < 1.29 is 10.2 Å². The molecule has 0 spiro atoms. The fourth-order valence-corrected chi connectivity index (χ4v) is 4.51. The van der Waals surface area contributed by atoms with Crippen LogP contribution in [0.15, 0.2) is 102 Å². The summed E-state index contributed by atoms with van der Waals surface area (Å²) in [5.74, 6) is -0.790. The smallest absolute Gasteiger partial charge is 0.214 e. The first-order valence-electron chi connectivity index (χ1n) is 11.1. The van der Waals surface area contributed by atoms with Gasteiger partial charge in [-0.15, -0.1) is 0 Å². The van der Waals surface area contributed by atoms with Crippen LogP contribution < -0.4 is 0 Å². The number of allylic oxidation sites excluding steroid dienone is 2. The summed E-state index contributed by atoms with van der Waals surface area (Å²) in [5.41, 5.74) is 8.35. The van der Waals surface area contributed by atoms with Gasteiger partial charge in [-0.2, -0.15) is 0 Å². The van der Waals surface area contributed by atoms with Crippen LogP contribution in [-0.2, 0) is 0 Å². The summed E-state index contributed by atoms with van der Waals surface area (Å²) in [5, 5.41) is 24.0. The quantitative estimate of drug-likeness (QED) is 0.413. The maximum absolute atomic E-state index is 12.4. The molecular weight excluding hydrogens is 444 g/mol. The van der Waals surface area contributed by atoms with Crippen molar-refractivity contribution in [1.82, 2.24) is 9.88 Å². The van der Waals surface area contributed by atoms with Crippen LogP contribution in [0.4, 0.5) is 0 Å². The second-order valence-electron chi connectivity index (χ2n) is 8.68. The molecule has 34 heavy (non-hydrogen) atoms. The van der Waals surface area contributed by atoms with E-state index in [4.69, 9.17) is 11.6 Å². The Morgan fingerprint density at radius 3 is 2.53 bits per heavy atom. The van der Waals surface area contributed by atoms with E-state index in [1.54, 1.807) is 18.3 Å². The van der Waals surface area contributed by atoms with E-state index in [2.05, 4.69) is 16.4 Å². The molecular formula is C29H27ClN2O2. The predicted molar refractivity (Wildman–Crippen MR) is 137 cm³/mol. The summed E-state index contributed by atoms with van der Waals surface area (Å²) in [6, 6.07) is 19.1. The number of rotatable bonds is 8. The molecule has 1 aliphatic rings. The molecule has 1 aliphatic carbocycles. The molecule has 2 aromatic carbocycles. The maximum atomic E-state index is 12.4. The lowest BCUT2D eigenvalue weighted by Gasteiger charge is -2.38. The van der Waals surface area contributed by atoms with Crippen LogP contribution in [0, 0.1) is 0 Å². The number of aromatic nitrogens is 1. The fourth-order valence-electron chi connectivity index (χ4n) is 4.31. The lowest BCUT2D eigenvalue weighted by Crippen LogP contribution is -2.41. The van der Waals surface area contributed by atoms with Gasteiger partial charge in [-0.3, -0.25) is 0 Å². The number of benzene rings is 2. The molecule has 172 valence electrons. The van der Waals surface area contributed by atoms with Gasteiger partial charge >= 0.3 is 0 Å². The van der Waals surface area contributed by atoms with Crippen LogP contribution >= 0.6 is 11.6 Å². The topological polar surface area (TPSA) is 56.6 Å². The van der Waals surface area contributed by atoms with E-state index < -0.39 is 11.5 Å². The van der Waals surface area contributed by atoms with E-state index in [0.717, 1.165) is 16.7 Å². The third-order valence-corrected chi connectivity index (χ3v) is 6.26. The molecule has 2 atom stereocenters. The van der Waals surface area contributed by atoms with E-state index in [1.807, 2.05) is 85.7 Å². The summed E-state index contributed by atoms with van der Waals surface area (Å²) in [6.07, 6.45) is 7.46. The number of hydrogen-bond acceptors (Lipinski definition) is 4. The third-order valence-electron chi connectivity index (χ3n) is 6.03. The second kappa shape index (κ2) is 10.3. The van der Waals surface area contributed by atoms with Crippen LogP contribution in [0.5, 0.6) is 5.88 Å². The Morgan fingerprint density at radius 1 is 1.06 bits per heavy atom. The molecule has 4 rings (SSSR count). The number of aromatic hydroxyl groups is 1. The predicted octanol–water partition coefficient (Wildman–Crippen LogP) is 5.73. The summed E-state index contributed by atoms with van der Waals surface area (Å²) < 4.78 is 0. The third kappa shape index (κ3) is 5.08. The number of halogens is 1. The molecule has 0 radical (unpaired) electrons. The molecule has 0 bridgehead atoms. The first-order chi connectivity index (χ1) is 16.4. The summed E-state index contributed by atoms with van der Waals surface area (Å²) in [6.45, 7) is 0.614. The molecule has 0 saturated carbocycles. The first-order valence-corrected chi connectivity index (χ1v) is 11.5. The fraction of sp³-hybridized carbons (Fsp3) is 0.207. The van der Waals surface area contributed by atoms with E-state index in [0.29, 0.717) is 29.1 Å². The summed E-state index contributed by atoms with van der Waals surface area (Å²) >= 11 is 6.38. The molecule has 5 heteroatoms. The Bertz CT molecular complexity index is 1300. The van der Waals surface area contributed by atoms with Crippen LogP contribution in [0.25, 0.3) is 11.1 Å². The Hall–Kier alpha value is -3.36. The molecule has 1 aromatic heterocycles. The zero-order valence-corrected chi connectivity index (χ0v) is 20.0. The van der Waals surface area contributed by atoms with Crippen molar-refractivity contribution in [2.45, 2.75) is 17.9 Å². The second-order valence-corrected chi connectivity index (χ2v) is 9.11. The van der Waals surface area contributed by atoms with Crippen LogP contribution in [0.2, 0.25) is 5.02 Å². The van der Waals surface area contributed by atoms with Gasteiger partial charge in [0.1, 0.15) is 5.60 Å². The van der Waals surface area contributed by atoms with E-state index in [9.17, 15) is 10.2 Å². The average Bonchev–Trinajstić information content (AvgIpc) is 2.85. The molecule has 3 aromatic rings. The van der Waals surface area contributed by atoms with Crippen molar-refractivity contribution >= 4 is 11.6 Å². The van der Waals surface area contributed by atoms with Crippen molar-refractivity contribution in [2.75, 3.05) is 20.6 Å². The largest absolute Gasteiger partial charge is 0.493 e. The molecule has 1 heterocycles. The Kier molecular flexibility index (Phi) is 7.19. The normalized spacial score (nSPS) is 15.3. The number of nitrogens with zero attached hydrogens (tertiary/aromatic N) is 2. The standard InChI is InChI=1S/C29H27ClN2O2/c1-32(2)17-16-29(34,24-13-7-4-8-14-24)27(22-12-9-15-25(30)18-22)26-19-23(20-31-28(26)33)21-10-5-3-6-11-21/h3-7,9-13,15,18-20,27,34H,16-17H2,1-2H3,(H,31,33). The van der Waals surface area contributed by atoms with Gasteiger partial charge in [0.05, 0.1) is 0 Å². The van der Waals surface area contributed by atoms with Gasteiger partial charge in [0, 0.05) is 40.4 Å². The van der Waals surface area contributed by atoms with E-state index in [1.165, 1.54) is 0 Å². The van der Waals surface area contributed by atoms with Crippen molar-refractivity contribution in [2.24, 2.45) is 0 Å². The maximum Gasteiger partial charge on any atom is 0.214 e. The minimum atomic E-state index is -1.42. The van der Waals surface area contributed by atoms with Crippen molar-refractivity contribution in [1.29, 1.82) is 0 Å². The van der Waals surface area contributed by atoms with E-state index >= 15 is 0 Å². The zero-order valence-electron chi connectivity index (χ0n) is 19.2. The van der Waals surface area contributed by atoms with Crippen LogP contribution in [-0.4, -0.2) is 46.3 Å². The molecule has 2 unspecified atom stereocenters. The highest BCUT2D eigenvalue weighted by atomic mass is 35.5. The van der Waals surface area contributed by atoms with Crippen LogP contribution in [0.3, 0.4) is 0 Å². The Morgan fingerprint density at radius 2 is 1.85 bits per heavy atom. The molecule has 2 N–H and O–H groups in total. The molecule has 0 fully saturated rings. The highest BCUT2D eigenvalue weighted by Crippen LogP contribution is 2.46. The molecule has 0 amide bonds. The zero-order chi connectivity index (χ0) is 24.1. The Balaban J connectivity index is 1.97. The van der Waals surface area contributed by atoms with Gasteiger partial charge < -0.3 is 15.1 Å². The van der Waals surface area contributed by atoms with Crippen molar-refractivity contribution in [3.05, 3.63) is 118 Å². The molecule has 0 saturated heterocycles. The minimum Gasteiger partial charge on any atom is -0.493 e. The SMILES string of the molecule is CN(C)CCC(O)(C1=C=C=CC=C1)C(c1cccc(Cl)c1)c1cc(-c2ccccc2)cnc1O. The minimum absolute atomic E-state index is 0.132. The van der Waals surface area contributed by atoms with Gasteiger partial charge in [0.2, 0.25) is 5.88 Å². The summed E-state index contributed by atoms with van der Waals surface area (Å²) in [4.78, 5) is 6.33. The lowest BCUT2D eigenvalue weighted by atomic mass is 9.71. The summed E-state index contributed by atoms with van der Waals surface area (Å²) in [7, 11) is 3.93. The van der Waals surface area contributed by atoms with Crippen molar-refractivity contribution in [3.8, 4) is 17.0 Å². The van der Waals surface area contributed by atoms with Gasteiger partial charge in [-0.1, -0.05) is 71.6 Å².